The van der Waals surface area contributed by atoms with Crippen LogP contribution in [0.15, 0.2) is 75.9 Å². The average Bonchev–Trinajstić information content (AvgIpc) is 3.00. The quantitative estimate of drug-likeness (QED) is 0.195. The van der Waals surface area contributed by atoms with Gasteiger partial charge in [0.25, 0.3) is 5.91 Å². The van der Waals surface area contributed by atoms with Crippen molar-refractivity contribution in [2.24, 2.45) is 0 Å². The first-order valence-corrected chi connectivity index (χ1v) is 14.0. The molecule has 0 unspecified atom stereocenters. The Kier molecular flexibility index (Phi) is 9.00. The van der Waals surface area contributed by atoms with Crippen molar-refractivity contribution >= 4 is 22.6 Å². The average molecular weight is 598 g/mol. The van der Waals surface area contributed by atoms with Crippen LogP contribution in [0.1, 0.15) is 22.3 Å². The summed E-state index contributed by atoms with van der Waals surface area (Å²) in [7, 11) is 0. The number of para-hydroxylation sites is 1. The van der Waals surface area contributed by atoms with E-state index in [0.717, 1.165) is 11.6 Å². The second kappa shape index (κ2) is 12.9. The van der Waals surface area contributed by atoms with Gasteiger partial charge in [0.1, 0.15) is 17.3 Å². The molecular formula is C32H31F4N3O4. The molecule has 2 heterocycles. The van der Waals surface area contributed by atoms with E-state index in [0.29, 0.717) is 68.1 Å². The molecule has 1 amide bonds. The highest BCUT2D eigenvalue weighted by atomic mass is 19.4. The van der Waals surface area contributed by atoms with Crippen molar-refractivity contribution in [2.45, 2.75) is 19.5 Å². The standard InChI is InChI=1S/C32H31F4N3O4/c1-21-28(40)24-9-5-10-25(30(24)43-29(21)22-7-3-2-4-8-22)31(41)37-13-6-14-38-15-17-39(18-16-38)26-19-23(33)11-12-27(26)42-20-32(34,35)36/h2-5,7-12,19H,6,13-18,20H2,1H3,(H,37,41). The van der Waals surface area contributed by atoms with Gasteiger partial charge in [0.2, 0.25) is 0 Å². The van der Waals surface area contributed by atoms with Crippen LogP contribution in [-0.2, 0) is 0 Å². The number of hydrogen-bond acceptors (Lipinski definition) is 6. The van der Waals surface area contributed by atoms with Crippen LogP contribution in [0.3, 0.4) is 0 Å². The van der Waals surface area contributed by atoms with Gasteiger partial charge in [-0.25, -0.2) is 4.39 Å². The summed E-state index contributed by atoms with van der Waals surface area (Å²) in [5.41, 5.74) is 1.84. The summed E-state index contributed by atoms with van der Waals surface area (Å²) in [4.78, 5) is 30.2. The SMILES string of the molecule is Cc1c(-c2ccccc2)oc2c(C(=O)NCCCN3CCN(c4cc(F)ccc4OCC(F)(F)F)CC3)cccc2c1=O. The van der Waals surface area contributed by atoms with Crippen LogP contribution in [0.5, 0.6) is 5.75 Å². The number of ether oxygens (including phenoxy) is 1. The summed E-state index contributed by atoms with van der Waals surface area (Å²) in [5, 5.41) is 3.25. The highest BCUT2D eigenvalue weighted by Crippen LogP contribution is 2.32. The lowest BCUT2D eigenvalue weighted by molar-refractivity contribution is -0.153. The van der Waals surface area contributed by atoms with Crippen molar-refractivity contribution in [2.75, 3.05) is 50.8 Å². The Morgan fingerprint density at radius 2 is 1.74 bits per heavy atom. The lowest BCUT2D eigenvalue weighted by Crippen LogP contribution is -2.47. The molecule has 7 nitrogen and oxygen atoms in total. The molecule has 0 aliphatic carbocycles. The van der Waals surface area contributed by atoms with E-state index in [1.165, 1.54) is 12.1 Å². The maximum absolute atomic E-state index is 13.9. The summed E-state index contributed by atoms with van der Waals surface area (Å²) < 4.78 is 62.9. The highest BCUT2D eigenvalue weighted by Gasteiger charge is 2.30. The van der Waals surface area contributed by atoms with Gasteiger partial charge in [0, 0.05) is 49.9 Å². The van der Waals surface area contributed by atoms with E-state index in [4.69, 9.17) is 9.15 Å². The second-order valence-corrected chi connectivity index (χ2v) is 10.4. The largest absolute Gasteiger partial charge is 0.482 e. The van der Waals surface area contributed by atoms with Crippen LogP contribution in [0.4, 0.5) is 23.2 Å². The van der Waals surface area contributed by atoms with Crippen LogP contribution in [0, 0.1) is 12.7 Å². The molecule has 0 radical (unpaired) electrons. The van der Waals surface area contributed by atoms with E-state index in [1.54, 1.807) is 25.1 Å². The molecule has 5 rings (SSSR count). The number of carbonyl (C=O) groups is 1. The third-order valence-electron chi connectivity index (χ3n) is 7.39. The normalized spacial score (nSPS) is 14.2. The summed E-state index contributed by atoms with van der Waals surface area (Å²) in [6, 6.07) is 17.7. The fourth-order valence-corrected chi connectivity index (χ4v) is 5.18. The minimum Gasteiger partial charge on any atom is -0.482 e. The van der Waals surface area contributed by atoms with Gasteiger partial charge in [-0.15, -0.1) is 0 Å². The highest BCUT2D eigenvalue weighted by molar-refractivity contribution is 6.05. The Bertz CT molecular complexity index is 1650. The van der Waals surface area contributed by atoms with Crippen LogP contribution < -0.4 is 20.4 Å². The topological polar surface area (TPSA) is 75.0 Å². The lowest BCUT2D eigenvalue weighted by Gasteiger charge is -2.36. The maximum Gasteiger partial charge on any atom is 0.422 e. The number of benzene rings is 3. The zero-order valence-corrected chi connectivity index (χ0v) is 23.5. The minimum atomic E-state index is -4.49. The van der Waals surface area contributed by atoms with Gasteiger partial charge >= 0.3 is 6.18 Å². The third-order valence-corrected chi connectivity index (χ3v) is 7.39. The zero-order chi connectivity index (χ0) is 30.6. The number of halogens is 4. The Morgan fingerprint density at radius 1 is 1.00 bits per heavy atom. The lowest BCUT2D eigenvalue weighted by atomic mass is 10.0. The summed E-state index contributed by atoms with van der Waals surface area (Å²) in [6.07, 6.45) is -3.85. The predicted molar refractivity (Wildman–Crippen MR) is 156 cm³/mol. The smallest absolute Gasteiger partial charge is 0.422 e. The predicted octanol–water partition coefficient (Wildman–Crippen LogP) is 5.79. The summed E-state index contributed by atoms with van der Waals surface area (Å²) >= 11 is 0. The molecule has 226 valence electrons. The van der Waals surface area contributed by atoms with Crippen molar-refractivity contribution in [1.29, 1.82) is 0 Å². The van der Waals surface area contributed by atoms with Gasteiger partial charge in [-0.3, -0.25) is 14.5 Å². The molecule has 4 aromatic rings. The van der Waals surface area contributed by atoms with E-state index in [1.807, 2.05) is 35.2 Å². The van der Waals surface area contributed by atoms with E-state index in [9.17, 15) is 27.2 Å². The minimum absolute atomic E-state index is 0.00907. The molecule has 1 fully saturated rings. The number of hydrogen-bond donors (Lipinski definition) is 1. The monoisotopic (exact) mass is 597 g/mol. The molecule has 43 heavy (non-hydrogen) atoms. The third kappa shape index (κ3) is 7.16. The molecule has 0 atom stereocenters. The fourth-order valence-electron chi connectivity index (χ4n) is 5.18. The molecule has 1 aromatic heterocycles. The van der Waals surface area contributed by atoms with Crippen molar-refractivity contribution in [1.82, 2.24) is 10.2 Å². The molecular weight excluding hydrogens is 566 g/mol. The molecule has 3 aromatic carbocycles. The first-order chi connectivity index (χ1) is 20.6. The van der Waals surface area contributed by atoms with Gasteiger partial charge in [-0.05, 0) is 44.2 Å². The van der Waals surface area contributed by atoms with E-state index in [2.05, 4.69) is 10.2 Å². The van der Waals surface area contributed by atoms with Gasteiger partial charge in [-0.1, -0.05) is 36.4 Å². The fraction of sp³-hybridized carbons (Fsp3) is 0.312. The number of amides is 1. The number of anilines is 1. The molecule has 0 bridgehead atoms. The van der Waals surface area contributed by atoms with Crippen LogP contribution in [-0.4, -0.2) is 62.9 Å². The first kappa shape index (κ1) is 30.1. The number of carbonyl (C=O) groups excluding carboxylic acids is 1. The summed E-state index contributed by atoms with van der Waals surface area (Å²) in [5.74, 6) is -0.483. The molecule has 1 N–H and O–H groups in total. The van der Waals surface area contributed by atoms with Crippen molar-refractivity contribution < 1.29 is 31.5 Å². The van der Waals surface area contributed by atoms with E-state index >= 15 is 0 Å². The number of fused-ring (bicyclic) bond motifs is 1. The molecule has 1 aliphatic heterocycles. The number of rotatable bonds is 9. The van der Waals surface area contributed by atoms with Gasteiger partial charge < -0.3 is 19.4 Å². The number of nitrogens with zero attached hydrogens (tertiary/aromatic N) is 2. The number of alkyl halides is 3. The van der Waals surface area contributed by atoms with Crippen LogP contribution in [0.2, 0.25) is 0 Å². The Morgan fingerprint density at radius 3 is 2.47 bits per heavy atom. The summed E-state index contributed by atoms with van der Waals surface area (Å²) in [6.45, 7) is 3.51. The van der Waals surface area contributed by atoms with Crippen LogP contribution in [0.25, 0.3) is 22.3 Å². The molecule has 11 heteroatoms. The van der Waals surface area contributed by atoms with Gasteiger partial charge in [0.15, 0.2) is 17.6 Å². The number of piperazine rings is 1. The van der Waals surface area contributed by atoms with E-state index in [-0.39, 0.29) is 28.2 Å². The van der Waals surface area contributed by atoms with Crippen molar-refractivity contribution in [3.63, 3.8) is 0 Å². The Labute approximate surface area is 245 Å². The number of nitrogens with one attached hydrogen (secondary N) is 1. The molecule has 1 aliphatic rings. The molecule has 0 spiro atoms. The Balaban J connectivity index is 1.17. The molecule has 1 saturated heterocycles. The first-order valence-electron chi connectivity index (χ1n) is 14.0. The van der Waals surface area contributed by atoms with Gasteiger partial charge in [0.05, 0.1) is 16.6 Å². The zero-order valence-electron chi connectivity index (χ0n) is 23.5. The second-order valence-electron chi connectivity index (χ2n) is 10.4. The van der Waals surface area contributed by atoms with E-state index < -0.39 is 18.6 Å². The molecule has 0 saturated carbocycles. The van der Waals surface area contributed by atoms with Gasteiger partial charge in [-0.2, -0.15) is 13.2 Å². The van der Waals surface area contributed by atoms with Crippen molar-refractivity contribution in [3.05, 3.63) is 93.9 Å². The van der Waals surface area contributed by atoms with Crippen molar-refractivity contribution in [3.8, 4) is 17.1 Å². The van der Waals surface area contributed by atoms with Crippen LogP contribution >= 0.6 is 0 Å². The Hall–Kier alpha value is -4.38. The maximum atomic E-state index is 13.9.